The van der Waals surface area contributed by atoms with Gasteiger partial charge in [0.25, 0.3) is 0 Å². The van der Waals surface area contributed by atoms with Crippen LogP contribution >= 0.6 is 11.8 Å². The zero-order valence-electron chi connectivity index (χ0n) is 19.9. The summed E-state index contributed by atoms with van der Waals surface area (Å²) in [7, 11) is 1.69. The molecule has 2 amide bonds. The minimum absolute atomic E-state index is 0.00675. The summed E-state index contributed by atoms with van der Waals surface area (Å²) in [5.74, 6) is 5.23. The highest BCUT2D eigenvalue weighted by Crippen LogP contribution is 2.28. The van der Waals surface area contributed by atoms with Crippen LogP contribution in [0, 0.1) is 11.8 Å². The molecule has 0 radical (unpaired) electrons. The van der Waals surface area contributed by atoms with Crippen molar-refractivity contribution in [2.24, 2.45) is 5.10 Å². The maximum Gasteiger partial charge on any atom is 0.248 e. The monoisotopic (exact) mass is 467 g/mol. The number of hydrazone groups is 1. The van der Waals surface area contributed by atoms with Crippen LogP contribution in [0.4, 0.5) is 0 Å². The molecule has 3 unspecified atom stereocenters. The summed E-state index contributed by atoms with van der Waals surface area (Å²) in [6.45, 7) is 11.5. The van der Waals surface area contributed by atoms with Crippen LogP contribution in [0.3, 0.4) is 0 Å². The number of hydrogen-bond acceptors (Lipinski definition) is 9. The number of hydrazine groups is 2. The number of rotatable bonds is 9. The first-order valence-corrected chi connectivity index (χ1v) is 11.8. The molecule has 4 N–H and O–H groups in total. The normalized spacial score (nSPS) is 20.2. The fourth-order valence-corrected chi connectivity index (χ4v) is 4.40. The first-order chi connectivity index (χ1) is 15.2. The quantitative estimate of drug-likeness (QED) is 0.357. The molecule has 0 aromatic heterocycles. The lowest BCUT2D eigenvalue weighted by atomic mass is 10.1. The Morgan fingerprint density at radius 1 is 1.41 bits per heavy atom. The molecule has 0 aliphatic carbocycles. The molecule has 0 bridgehead atoms. The number of carbonyl (C=O) groups is 2. The van der Waals surface area contributed by atoms with Crippen molar-refractivity contribution >= 4 is 28.7 Å². The van der Waals surface area contributed by atoms with Crippen molar-refractivity contribution in [2.45, 2.75) is 70.4 Å². The fraction of sp³-hybridized carbons (Fsp3) is 0.762. The van der Waals surface area contributed by atoms with Crippen LogP contribution in [-0.2, 0) is 14.3 Å². The van der Waals surface area contributed by atoms with Gasteiger partial charge in [0.1, 0.15) is 12.6 Å². The van der Waals surface area contributed by atoms with Gasteiger partial charge in [-0.15, -0.1) is 16.6 Å². The minimum atomic E-state index is -0.781. The van der Waals surface area contributed by atoms with E-state index >= 15 is 0 Å². The summed E-state index contributed by atoms with van der Waals surface area (Å²) in [4.78, 5) is 27.7. The van der Waals surface area contributed by atoms with Crippen LogP contribution in [0.2, 0.25) is 0 Å². The van der Waals surface area contributed by atoms with Gasteiger partial charge in [-0.25, -0.2) is 5.53 Å². The Bertz CT molecular complexity index is 744. The summed E-state index contributed by atoms with van der Waals surface area (Å²) >= 11 is 1.65. The van der Waals surface area contributed by atoms with Gasteiger partial charge in [-0.2, -0.15) is 0 Å². The molecule has 0 spiro atoms. The van der Waals surface area contributed by atoms with Crippen LogP contribution in [0.25, 0.3) is 0 Å². The van der Waals surface area contributed by atoms with Crippen LogP contribution in [0.5, 0.6) is 0 Å². The number of nitrogens with zero attached hydrogens (tertiary/aromatic N) is 3. The van der Waals surface area contributed by atoms with Gasteiger partial charge in [0.15, 0.2) is 0 Å². The zero-order valence-corrected chi connectivity index (χ0v) is 20.8. The first-order valence-electron chi connectivity index (χ1n) is 11.0. The van der Waals surface area contributed by atoms with Crippen molar-refractivity contribution in [1.82, 2.24) is 31.6 Å². The third-order valence-electron chi connectivity index (χ3n) is 5.00. The van der Waals surface area contributed by atoms with Crippen LogP contribution < -0.4 is 21.7 Å². The summed E-state index contributed by atoms with van der Waals surface area (Å²) in [6, 6.07) is -0.788. The van der Waals surface area contributed by atoms with E-state index in [-0.39, 0.29) is 35.8 Å². The second-order valence-electron chi connectivity index (χ2n) is 8.79. The molecule has 180 valence electrons. The lowest BCUT2D eigenvalue weighted by Gasteiger charge is -2.34. The predicted octanol–water partition coefficient (Wildman–Crippen LogP) is 0.238. The number of ether oxygens (including phenoxy) is 1. The van der Waals surface area contributed by atoms with Crippen molar-refractivity contribution in [3.8, 4) is 11.8 Å². The van der Waals surface area contributed by atoms with E-state index in [4.69, 9.17) is 4.74 Å². The smallest absolute Gasteiger partial charge is 0.248 e. The third kappa shape index (κ3) is 7.85. The topological polar surface area (TPSA) is 110 Å². The summed E-state index contributed by atoms with van der Waals surface area (Å²) in [6.07, 6.45) is 1.28. The average molecular weight is 468 g/mol. The van der Waals surface area contributed by atoms with Gasteiger partial charge in [-0.05, 0) is 33.7 Å². The molecule has 10 nitrogen and oxygen atoms in total. The number of nitrogens with one attached hydrogen (secondary N) is 4. The number of likely N-dealkylation sites (N-methyl/N-ethyl adjacent to an activating group) is 1. The van der Waals surface area contributed by atoms with Crippen LogP contribution in [0.1, 0.15) is 47.5 Å². The Morgan fingerprint density at radius 3 is 2.81 bits per heavy atom. The van der Waals surface area contributed by atoms with Crippen molar-refractivity contribution < 1.29 is 14.3 Å². The third-order valence-corrected chi connectivity index (χ3v) is 6.11. The van der Waals surface area contributed by atoms with Crippen molar-refractivity contribution in [3.05, 3.63) is 0 Å². The lowest BCUT2D eigenvalue weighted by molar-refractivity contribution is -0.141. The van der Waals surface area contributed by atoms with Crippen LogP contribution in [-0.4, -0.2) is 83.1 Å². The molecular weight excluding hydrogens is 430 g/mol. The van der Waals surface area contributed by atoms with E-state index in [9.17, 15) is 9.59 Å². The molecular formula is C21H37N7O3S. The summed E-state index contributed by atoms with van der Waals surface area (Å²) in [5, 5.41) is 12.8. The summed E-state index contributed by atoms with van der Waals surface area (Å²) in [5.41, 5.74) is 5.87. The predicted molar refractivity (Wildman–Crippen MR) is 127 cm³/mol. The van der Waals surface area contributed by atoms with E-state index in [0.717, 1.165) is 18.0 Å². The number of amides is 2. The van der Waals surface area contributed by atoms with E-state index in [0.29, 0.717) is 13.1 Å². The standard InChI is InChI=1S/C21H37N7O3S/c1-7-8-12-31-15(2)18(23-17(29)13-22-6)19(30)27-11-9-10-16(27)14-28-20(24-25-26-28)32-21(3,4)5/h15-16,18,22,25-26H,9-14H2,1-6H3,(H,23,29). The zero-order chi connectivity index (χ0) is 23.7. The molecule has 2 heterocycles. The summed E-state index contributed by atoms with van der Waals surface area (Å²) < 4.78 is 5.74. The molecule has 11 heteroatoms. The Hall–Kier alpha value is -2.00. The second-order valence-corrected chi connectivity index (χ2v) is 10.6. The number of likely N-dealkylation sites (tertiary alicyclic amines) is 1. The molecule has 0 aromatic rings. The Labute approximate surface area is 195 Å². The number of thioether (sulfide) groups is 1. The molecule has 3 atom stereocenters. The molecule has 2 aliphatic rings. The number of hydrogen-bond donors (Lipinski definition) is 4. The maximum atomic E-state index is 13.5. The highest BCUT2D eigenvalue weighted by atomic mass is 32.2. The van der Waals surface area contributed by atoms with Gasteiger partial charge in [0.05, 0.1) is 25.2 Å². The highest BCUT2D eigenvalue weighted by Gasteiger charge is 2.38. The first kappa shape index (κ1) is 26.3. The van der Waals surface area contributed by atoms with E-state index in [1.54, 1.807) is 32.7 Å². The van der Waals surface area contributed by atoms with Gasteiger partial charge in [0.2, 0.25) is 17.0 Å². The van der Waals surface area contributed by atoms with Crippen molar-refractivity contribution in [1.29, 1.82) is 0 Å². The maximum absolute atomic E-state index is 13.5. The molecule has 2 rings (SSSR count). The van der Waals surface area contributed by atoms with Crippen LogP contribution in [0.15, 0.2) is 5.10 Å². The van der Waals surface area contributed by atoms with Gasteiger partial charge >= 0.3 is 0 Å². The van der Waals surface area contributed by atoms with Gasteiger partial charge in [0, 0.05) is 11.3 Å². The van der Waals surface area contributed by atoms with Crippen molar-refractivity contribution in [2.75, 3.05) is 33.3 Å². The second kappa shape index (κ2) is 12.3. The van der Waals surface area contributed by atoms with E-state index in [1.165, 1.54) is 0 Å². The molecule has 2 aliphatic heterocycles. The van der Waals surface area contributed by atoms with E-state index in [2.05, 4.69) is 59.4 Å². The molecule has 0 aromatic carbocycles. The largest absolute Gasteiger partial charge is 0.363 e. The fourth-order valence-electron chi connectivity index (χ4n) is 3.53. The van der Waals surface area contributed by atoms with Gasteiger partial charge < -0.3 is 20.3 Å². The molecule has 1 fully saturated rings. The molecule has 32 heavy (non-hydrogen) atoms. The van der Waals surface area contributed by atoms with E-state index < -0.39 is 12.1 Å². The Balaban J connectivity index is 2.10. The average Bonchev–Trinajstić information content (AvgIpc) is 3.34. The lowest BCUT2D eigenvalue weighted by Crippen LogP contribution is -2.58. The number of amidine groups is 1. The SMILES string of the molecule is CC#CCOC(C)C(NC(=O)CNC)C(=O)N1CCCC1CN1NNN=C1SC(C)(C)C. The van der Waals surface area contributed by atoms with E-state index in [1.807, 2.05) is 9.91 Å². The highest BCUT2D eigenvalue weighted by molar-refractivity contribution is 8.14. The van der Waals surface area contributed by atoms with Gasteiger partial charge in [-0.1, -0.05) is 38.5 Å². The van der Waals surface area contributed by atoms with Gasteiger partial charge in [-0.3, -0.25) is 14.6 Å². The number of carbonyl (C=O) groups excluding carboxylic acids is 2. The Kier molecular flexibility index (Phi) is 10.1. The Morgan fingerprint density at radius 2 is 2.16 bits per heavy atom. The minimum Gasteiger partial charge on any atom is -0.363 e. The molecule has 0 saturated carbocycles. The molecule has 1 saturated heterocycles. The van der Waals surface area contributed by atoms with Crippen molar-refractivity contribution in [3.63, 3.8) is 0 Å².